The van der Waals surface area contributed by atoms with Crippen LogP contribution >= 0.6 is 0 Å². The predicted molar refractivity (Wildman–Crippen MR) is 110 cm³/mol. The zero-order chi connectivity index (χ0) is 20.9. The van der Waals surface area contributed by atoms with Crippen LogP contribution in [-0.2, 0) is 16.0 Å². The molecule has 30 heavy (non-hydrogen) atoms. The minimum absolute atomic E-state index is 0.0530. The molecule has 2 amide bonds. The lowest BCUT2D eigenvalue weighted by Crippen LogP contribution is -2.49. The summed E-state index contributed by atoms with van der Waals surface area (Å²) in [6.45, 7) is 0. The highest BCUT2D eigenvalue weighted by molar-refractivity contribution is 6.38. The summed E-state index contributed by atoms with van der Waals surface area (Å²) in [6, 6.07) is 17.4. The highest BCUT2D eigenvalue weighted by Gasteiger charge is 2.32. The SMILES string of the molecule is O=C(NC1CC1)C(=O)C(Cc1ccccc1)NC(=O)c1cnoc1-c1ccccc1. The molecule has 1 aliphatic rings. The molecule has 1 heterocycles. The molecule has 2 N–H and O–H groups in total. The number of nitrogens with zero attached hydrogens (tertiary/aromatic N) is 1. The number of nitrogens with one attached hydrogen (secondary N) is 2. The quantitative estimate of drug-likeness (QED) is 0.563. The Hall–Kier alpha value is -3.74. The van der Waals surface area contributed by atoms with Crippen LogP contribution in [0.25, 0.3) is 11.3 Å². The van der Waals surface area contributed by atoms with Gasteiger partial charge in [0.1, 0.15) is 11.6 Å². The third-order valence-corrected chi connectivity index (χ3v) is 4.89. The molecule has 1 saturated carbocycles. The Labute approximate surface area is 173 Å². The summed E-state index contributed by atoms with van der Waals surface area (Å²) in [5.74, 6) is -1.56. The molecule has 4 rings (SSSR count). The fraction of sp³-hybridized carbons (Fsp3) is 0.217. The monoisotopic (exact) mass is 403 g/mol. The van der Waals surface area contributed by atoms with E-state index in [1.807, 2.05) is 48.5 Å². The molecule has 0 radical (unpaired) electrons. The molecule has 1 fully saturated rings. The Morgan fingerprint density at radius 2 is 1.67 bits per heavy atom. The molecular formula is C23H21N3O4. The molecule has 0 aliphatic heterocycles. The van der Waals surface area contributed by atoms with Crippen LogP contribution in [0.1, 0.15) is 28.8 Å². The Morgan fingerprint density at radius 1 is 1.00 bits per heavy atom. The van der Waals surface area contributed by atoms with Gasteiger partial charge in [-0.15, -0.1) is 0 Å². The van der Waals surface area contributed by atoms with E-state index in [1.54, 1.807) is 12.1 Å². The van der Waals surface area contributed by atoms with E-state index in [4.69, 9.17) is 4.52 Å². The Morgan fingerprint density at radius 3 is 2.33 bits per heavy atom. The molecule has 2 aromatic carbocycles. The van der Waals surface area contributed by atoms with E-state index in [0.29, 0.717) is 11.3 Å². The molecular weight excluding hydrogens is 382 g/mol. The molecule has 0 saturated heterocycles. The lowest BCUT2D eigenvalue weighted by Gasteiger charge is -2.17. The minimum atomic E-state index is -1.00. The second-order valence-corrected chi connectivity index (χ2v) is 7.26. The number of ketones is 1. The van der Waals surface area contributed by atoms with Gasteiger partial charge in [-0.2, -0.15) is 0 Å². The first kappa shape index (κ1) is 19.6. The highest BCUT2D eigenvalue weighted by Crippen LogP contribution is 2.23. The number of benzene rings is 2. The van der Waals surface area contributed by atoms with E-state index in [2.05, 4.69) is 15.8 Å². The second-order valence-electron chi connectivity index (χ2n) is 7.26. The van der Waals surface area contributed by atoms with E-state index >= 15 is 0 Å². The fourth-order valence-corrected chi connectivity index (χ4v) is 3.14. The molecule has 0 spiro atoms. The summed E-state index contributed by atoms with van der Waals surface area (Å²) < 4.78 is 5.27. The lowest BCUT2D eigenvalue weighted by atomic mass is 10.0. The van der Waals surface area contributed by atoms with Crippen molar-refractivity contribution < 1.29 is 18.9 Å². The molecule has 0 bridgehead atoms. The number of carbonyl (C=O) groups is 3. The van der Waals surface area contributed by atoms with Crippen LogP contribution in [0, 0.1) is 0 Å². The van der Waals surface area contributed by atoms with Gasteiger partial charge in [-0.1, -0.05) is 65.8 Å². The van der Waals surface area contributed by atoms with Gasteiger partial charge in [-0.3, -0.25) is 14.4 Å². The van der Waals surface area contributed by atoms with Gasteiger partial charge in [0, 0.05) is 18.0 Å². The van der Waals surface area contributed by atoms with E-state index in [9.17, 15) is 14.4 Å². The van der Waals surface area contributed by atoms with Crippen LogP contribution in [-0.4, -0.2) is 34.8 Å². The molecule has 1 unspecified atom stereocenters. The van der Waals surface area contributed by atoms with Crippen LogP contribution < -0.4 is 10.6 Å². The van der Waals surface area contributed by atoms with E-state index < -0.39 is 23.6 Å². The Kier molecular flexibility index (Phi) is 5.70. The van der Waals surface area contributed by atoms with Crippen molar-refractivity contribution in [1.29, 1.82) is 0 Å². The standard InChI is InChI=1S/C23H21N3O4/c27-20(23(29)25-17-11-12-17)19(13-15-7-3-1-4-8-15)26-22(28)18-14-24-30-21(18)16-9-5-2-6-10-16/h1-10,14,17,19H,11-13H2,(H,25,29)(H,26,28). The van der Waals surface area contributed by atoms with E-state index in [-0.39, 0.29) is 18.0 Å². The van der Waals surface area contributed by atoms with Crippen molar-refractivity contribution in [3.63, 3.8) is 0 Å². The summed E-state index contributed by atoms with van der Waals surface area (Å²) in [7, 11) is 0. The van der Waals surface area contributed by atoms with Crippen molar-refractivity contribution >= 4 is 17.6 Å². The van der Waals surface area contributed by atoms with Gasteiger partial charge < -0.3 is 15.2 Å². The molecule has 1 atom stereocenters. The number of rotatable bonds is 8. The van der Waals surface area contributed by atoms with Gasteiger partial charge in [0.25, 0.3) is 11.8 Å². The molecule has 7 nitrogen and oxygen atoms in total. The summed E-state index contributed by atoms with van der Waals surface area (Å²) in [5, 5.41) is 9.14. The molecule has 1 aromatic heterocycles. The maximum Gasteiger partial charge on any atom is 0.289 e. The average Bonchev–Trinajstić information content (AvgIpc) is 3.45. The maximum absolute atomic E-state index is 13.0. The topological polar surface area (TPSA) is 101 Å². The van der Waals surface area contributed by atoms with Crippen LogP contribution in [0.2, 0.25) is 0 Å². The van der Waals surface area contributed by atoms with Crippen LogP contribution in [0.15, 0.2) is 71.4 Å². The number of hydrogen-bond donors (Lipinski definition) is 2. The smallest absolute Gasteiger partial charge is 0.289 e. The van der Waals surface area contributed by atoms with E-state index in [1.165, 1.54) is 6.20 Å². The van der Waals surface area contributed by atoms with Crippen molar-refractivity contribution in [1.82, 2.24) is 15.8 Å². The zero-order valence-electron chi connectivity index (χ0n) is 16.2. The van der Waals surface area contributed by atoms with Gasteiger partial charge >= 0.3 is 0 Å². The summed E-state index contributed by atoms with van der Waals surface area (Å²) in [6.07, 6.45) is 3.26. The van der Waals surface area contributed by atoms with Gasteiger partial charge in [0.15, 0.2) is 5.76 Å². The van der Waals surface area contributed by atoms with Gasteiger partial charge in [-0.05, 0) is 18.4 Å². The lowest BCUT2D eigenvalue weighted by molar-refractivity contribution is -0.139. The maximum atomic E-state index is 13.0. The van der Waals surface area contributed by atoms with Crippen molar-refractivity contribution in [3.05, 3.63) is 78.0 Å². The minimum Gasteiger partial charge on any atom is -0.355 e. The van der Waals surface area contributed by atoms with Crippen LogP contribution in [0.4, 0.5) is 0 Å². The first-order valence-corrected chi connectivity index (χ1v) is 9.81. The summed E-state index contributed by atoms with van der Waals surface area (Å²) in [5.41, 5.74) is 1.73. The van der Waals surface area contributed by atoms with Gasteiger partial charge in [0.05, 0.1) is 6.20 Å². The normalized spacial score (nSPS) is 14.0. The largest absolute Gasteiger partial charge is 0.355 e. The average molecular weight is 403 g/mol. The van der Waals surface area contributed by atoms with Crippen LogP contribution in [0.5, 0.6) is 0 Å². The number of hydrogen-bond acceptors (Lipinski definition) is 5. The number of carbonyl (C=O) groups excluding carboxylic acids is 3. The Bertz CT molecular complexity index is 1040. The summed E-state index contributed by atoms with van der Waals surface area (Å²) >= 11 is 0. The number of amides is 2. The molecule has 7 heteroatoms. The fourth-order valence-electron chi connectivity index (χ4n) is 3.14. The van der Waals surface area contributed by atoms with Crippen molar-refractivity contribution in [2.24, 2.45) is 0 Å². The molecule has 152 valence electrons. The number of aromatic nitrogens is 1. The predicted octanol–water partition coefficient (Wildman–Crippen LogP) is 2.53. The third-order valence-electron chi connectivity index (χ3n) is 4.89. The van der Waals surface area contributed by atoms with Crippen molar-refractivity contribution in [3.8, 4) is 11.3 Å². The number of Topliss-reactive ketones (excluding diaryl/α,β-unsaturated/α-hetero) is 1. The van der Waals surface area contributed by atoms with Crippen molar-refractivity contribution in [2.75, 3.05) is 0 Å². The first-order chi connectivity index (χ1) is 14.6. The first-order valence-electron chi connectivity index (χ1n) is 9.81. The summed E-state index contributed by atoms with van der Waals surface area (Å²) in [4.78, 5) is 38.1. The molecule has 1 aliphatic carbocycles. The zero-order valence-corrected chi connectivity index (χ0v) is 16.2. The Balaban J connectivity index is 1.55. The highest BCUT2D eigenvalue weighted by atomic mass is 16.5. The van der Waals surface area contributed by atoms with Gasteiger partial charge in [0.2, 0.25) is 5.78 Å². The molecule has 3 aromatic rings. The van der Waals surface area contributed by atoms with Crippen molar-refractivity contribution in [2.45, 2.75) is 31.3 Å². The van der Waals surface area contributed by atoms with E-state index in [0.717, 1.165) is 18.4 Å². The van der Waals surface area contributed by atoms with Crippen LogP contribution in [0.3, 0.4) is 0 Å². The second kappa shape index (κ2) is 8.73. The van der Waals surface area contributed by atoms with Gasteiger partial charge in [-0.25, -0.2) is 0 Å². The third kappa shape index (κ3) is 4.63.